The molecule has 24 heavy (non-hydrogen) atoms. The Hall–Kier alpha value is -0.123. The van der Waals surface area contributed by atoms with E-state index in [4.69, 9.17) is 4.43 Å². The zero-order valence-electron chi connectivity index (χ0n) is 16.8. The van der Waals surface area contributed by atoms with Gasteiger partial charge in [-0.05, 0) is 62.4 Å². The van der Waals surface area contributed by atoms with Gasteiger partial charge in [0.25, 0.3) is 0 Å². The van der Waals surface area contributed by atoms with E-state index in [1.807, 2.05) is 0 Å². The summed E-state index contributed by atoms with van der Waals surface area (Å²) < 4.78 is 6.97. The van der Waals surface area contributed by atoms with Gasteiger partial charge in [-0.25, -0.2) is 0 Å². The third-order valence-corrected chi connectivity index (χ3v) is 11.2. The van der Waals surface area contributed by atoms with Crippen LogP contribution < -0.4 is 0 Å². The summed E-state index contributed by atoms with van der Waals surface area (Å²) in [6, 6.07) is 4.61. The molecule has 2 fully saturated rings. The van der Waals surface area contributed by atoms with Crippen molar-refractivity contribution >= 4 is 8.32 Å². The zero-order chi connectivity index (χ0) is 17.4. The molecule has 2 nitrogen and oxygen atoms in total. The standard InChI is InChI=1S/C21H41NOSi/c1-5-9-10-11-12-14-19-18-22-16-13-15-20(22)17-21(19)23-24(6-2,7-3)8-4/h14,20-21H,5-13,15-18H2,1-4H3/b19-14+/t20-,21-/m0/s1. The third kappa shape index (κ3) is 5.19. The summed E-state index contributed by atoms with van der Waals surface area (Å²) in [4.78, 5) is 2.73. The quantitative estimate of drug-likeness (QED) is 0.266. The van der Waals surface area contributed by atoms with Crippen molar-refractivity contribution < 1.29 is 4.43 Å². The van der Waals surface area contributed by atoms with Crippen molar-refractivity contribution in [2.24, 2.45) is 0 Å². The van der Waals surface area contributed by atoms with Gasteiger partial charge in [-0.15, -0.1) is 0 Å². The maximum Gasteiger partial charge on any atom is 0.192 e. The van der Waals surface area contributed by atoms with Gasteiger partial charge in [0.05, 0.1) is 6.10 Å². The van der Waals surface area contributed by atoms with Crippen molar-refractivity contribution in [2.45, 2.75) is 109 Å². The van der Waals surface area contributed by atoms with Gasteiger partial charge in [-0.2, -0.15) is 0 Å². The number of rotatable bonds is 10. The highest BCUT2D eigenvalue weighted by molar-refractivity contribution is 6.73. The van der Waals surface area contributed by atoms with Crippen LogP contribution in [-0.2, 0) is 4.43 Å². The van der Waals surface area contributed by atoms with Gasteiger partial charge in [-0.1, -0.05) is 53.0 Å². The summed E-state index contributed by atoms with van der Waals surface area (Å²) in [5.41, 5.74) is 1.62. The Morgan fingerprint density at radius 2 is 1.83 bits per heavy atom. The van der Waals surface area contributed by atoms with Crippen molar-refractivity contribution in [2.75, 3.05) is 13.1 Å². The van der Waals surface area contributed by atoms with Gasteiger partial charge in [0.15, 0.2) is 8.32 Å². The summed E-state index contributed by atoms with van der Waals surface area (Å²) in [6.07, 6.45) is 13.7. The first kappa shape index (κ1) is 20.2. The zero-order valence-corrected chi connectivity index (χ0v) is 17.8. The smallest absolute Gasteiger partial charge is 0.192 e. The van der Waals surface area contributed by atoms with Gasteiger partial charge >= 0.3 is 0 Å². The highest BCUT2D eigenvalue weighted by Crippen LogP contribution is 2.35. The molecule has 2 rings (SSSR count). The van der Waals surface area contributed by atoms with Crippen molar-refractivity contribution in [1.82, 2.24) is 4.90 Å². The number of hydrogen-bond acceptors (Lipinski definition) is 2. The van der Waals surface area contributed by atoms with Crippen LogP contribution in [0.5, 0.6) is 0 Å². The summed E-state index contributed by atoms with van der Waals surface area (Å²) in [5, 5.41) is 0. The van der Waals surface area contributed by atoms with E-state index in [-0.39, 0.29) is 0 Å². The molecule has 3 heteroatoms. The van der Waals surface area contributed by atoms with Crippen LogP contribution in [-0.4, -0.2) is 38.5 Å². The fraction of sp³-hybridized carbons (Fsp3) is 0.905. The summed E-state index contributed by atoms with van der Waals surface area (Å²) >= 11 is 0. The number of fused-ring (bicyclic) bond motifs is 1. The molecule has 0 radical (unpaired) electrons. The second-order valence-corrected chi connectivity index (χ2v) is 12.7. The van der Waals surface area contributed by atoms with Crippen LogP contribution in [0, 0.1) is 0 Å². The predicted molar refractivity (Wildman–Crippen MR) is 108 cm³/mol. The highest BCUT2D eigenvalue weighted by Gasteiger charge is 2.39. The lowest BCUT2D eigenvalue weighted by atomic mass is 9.94. The molecular formula is C21H41NOSi. The van der Waals surface area contributed by atoms with E-state index in [9.17, 15) is 0 Å². The second kappa shape index (κ2) is 10.1. The summed E-state index contributed by atoms with van der Waals surface area (Å²) in [6.45, 7) is 11.9. The maximum absolute atomic E-state index is 6.97. The average molecular weight is 352 g/mol. The lowest BCUT2D eigenvalue weighted by Crippen LogP contribution is -2.48. The monoisotopic (exact) mass is 351 g/mol. The molecule has 0 unspecified atom stereocenters. The first-order valence-corrected chi connectivity index (χ1v) is 13.3. The Kier molecular flexibility index (Phi) is 8.52. The number of hydrogen-bond donors (Lipinski definition) is 0. The van der Waals surface area contributed by atoms with Crippen molar-refractivity contribution in [1.29, 1.82) is 0 Å². The molecule has 0 amide bonds. The third-order valence-electron chi connectivity index (χ3n) is 6.57. The van der Waals surface area contributed by atoms with Crippen molar-refractivity contribution in [3.05, 3.63) is 11.6 Å². The maximum atomic E-state index is 6.97. The summed E-state index contributed by atoms with van der Waals surface area (Å²) in [5.74, 6) is 0. The van der Waals surface area contributed by atoms with Gasteiger partial charge in [0.1, 0.15) is 0 Å². The fourth-order valence-corrected chi connectivity index (χ4v) is 7.44. The Balaban J connectivity index is 2.03. The van der Waals surface area contributed by atoms with E-state index in [1.54, 1.807) is 5.57 Å². The number of unbranched alkanes of at least 4 members (excludes halogenated alkanes) is 4. The van der Waals surface area contributed by atoms with Crippen LogP contribution >= 0.6 is 0 Å². The molecule has 0 N–H and O–H groups in total. The van der Waals surface area contributed by atoms with Crippen LogP contribution in [0.2, 0.25) is 18.1 Å². The largest absolute Gasteiger partial charge is 0.410 e. The van der Waals surface area contributed by atoms with E-state index in [0.717, 1.165) is 6.04 Å². The second-order valence-electron chi connectivity index (χ2n) is 7.98. The Labute approximate surface area is 152 Å². The average Bonchev–Trinajstić information content (AvgIpc) is 3.06. The van der Waals surface area contributed by atoms with E-state index in [0.29, 0.717) is 6.10 Å². The molecule has 140 valence electrons. The molecule has 0 aliphatic carbocycles. The minimum atomic E-state index is -1.51. The van der Waals surface area contributed by atoms with E-state index < -0.39 is 8.32 Å². The Morgan fingerprint density at radius 3 is 2.50 bits per heavy atom. The Morgan fingerprint density at radius 1 is 1.08 bits per heavy atom. The molecule has 0 bridgehead atoms. The van der Waals surface area contributed by atoms with E-state index >= 15 is 0 Å². The van der Waals surface area contributed by atoms with Crippen LogP contribution in [0.4, 0.5) is 0 Å². The number of allylic oxidation sites excluding steroid dienone is 1. The molecular weight excluding hydrogens is 310 g/mol. The molecule has 0 saturated carbocycles. The molecule has 2 aliphatic heterocycles. The van der Waals surface area contributed by atoms with Crippen LogP contribution in [0.15, 0.2) is 11.6 Å². The summed E-state index contributed by atoms with van der Waals surface area (Å²) in [7, 11) is -1.51. The van der Waals surface area contributed by atoms with Gasteiger partial charge in [0.2, 0.25) is 0 Å². The highest BCUT2D eigenvalue weighted by atomic mass is 28.4. The molecule has 0 aromatic carbocycles. The van der Waals surface area contributed by atoms with Crippen LogP contribution in [0.3, 0.4) is 0 Å². The van der Waals surface area contributed by atoms with Crippen LogP contribution in [0.1, 0.15) is 79.1 Å². The Bertz CT molecular complexity index is 383. The first-order valence-electron chi connectivity index (χ1n) is 10.8. The van der Waals surface area contributed by atoms with Gasteiger partial charge in [0, 0.05) is 12.6 Å². The van der Waals surface area contributed by atoms with Gasteiger partial charge in [-0.3, -0.25) is 4.90 Å². The molecule has 0 aromatic rings. The molecule has 2 atom stereocenters. The van der Waals surface area contributed by atoms with Crippen molar-refractivity contribution in [3.8, 4) is 0 Å². The van der Waals surface area contributed by atoms with Crippen molar-refractivity contribution in [3.63, 3.8) is 0 Å². The minimum Gasteiger partial charge on any atom is -0.410 e. The molecule has 0 spiro atoms. The lowest BCUT2D eigenvalue weighted by Gasteiger charge is -2.42. The van der Waals surface area contributed by atoms with E-state index in [1.165, 1.54) is 82.6 Å². The minimum absolute atomic E-state index is 0.432. The first-order chi connectivity index (χ1) is 11.7. The van der Waals surface area contributed by atoms with E-state index in [2.05, 4.69) is 38.7 Å². The lowest BCUT2D eigenvalue weighted by molar-refractivity contribution is 0.116. The SMILES string of the molecule is CCCCCC/C=C1\CN2CCC[C@H]2C[C@@H]1O[Si](CC)(CC)CC. The van der Waals surface area contributed by atoms with Crippen LogP contribution in [0.25, 0.3) is 0 Å². The predicted octanol–water partition coefficient (Wildman–Crippen LogP) is 6.14. The molecule has 2 heterocycles. The normalized spacial score (nSPS) is 26.9. The van der Waals surface area contributed by atoms with Gasteiger partial charge < -0.3 is 4.43 Å². The number of piperidine rings is 1. The fourth-order valence-electron chi connectivity index (χ4n) is 4.59. The number of nitrogens with zero attached hydrogens (tertiary/aromatic N) is 1. The molecule has 0 aromatic heterocycles. The topological polar surface area (TPSA) is 12.5 Å². The molecule has 2 aliphatic rings. The molecule has 2 saturated heterocycles.